The maximum absolute atomic E-state index is 12.0. The van der Waals surface area contributed by atoms with Crippen molar-refractivity contribution < 1.29 is 4.79 Å². The van der Waals surface area contributed by atoms with Crippen LogP contribution in [0.15, 0.2) is 0 Å². The van der Waals surface area contributed by atoms with Crippen LogP contribution in [0.2, 0.25) is 0 Å². The van der Waals surface area contributed by atoms with Crippen LogP contribution in [0.25, 0.3) is 0 Å². The molecule has 2 N–H and O–H groups in total. The van der Waals surface area contributed by atoms with Crippen LogP contribution in [0, 0.1) is 23.7 Å². The first-order chi connectivity index (χ1) is 8.19. The molecule has 0 saturated heterocycles. The Hall–Kier alpha value is -0.570. The first kappa shape index (κ1) is 11.5. The Bertz CT molecular complexity index is 287. The van der Waals surface area contributed by atoms with E-state index in [1.54, 1.807) is 0 Å². The van der Waals surface area contributed by atoms with Crippen molar-refractivity contribution in [3.63, 3.8) is 0 Å². The lowest BCUT2D eigenvalue weighted by Crippen LogP contribution is -2.56. The molecular weight excluding hydrogens is 212 g/mol. The molecule has 17 heavy (non-hydrogen) atoms. The fourth-order valence-corrected chi connectivity index (χ4v) is 4.99. The fourth-order valence-electron chi connectivity index (χ4n) is 4.99. The monoisotopic (exact) mass is 236 g/mol. The lowest BCUT2D eigenvalue weighted by atomic mass is 9.54. The summed E-state index contributed by atoms with van der Waals surface area (Å²) in [5, 5.41) is 0. The van der Waals surface area contributed by atoms with Crippen molar-refractivity contribution in [3.05, 3.63) is 0 Å². The molecule has 3 heteroatoms. The van der Waals surface area contributed by atoms with Crippen LogP contribution in [0.4, 0.5) is 0 Å². The van der Waals surface area contributed by atoms with Crippen molar-refractivity contribution in [2.75, 3.05) is 13.6 Å². The molecule has 3 nitrogen and oxygen atoms in total. The Morgan fingerprint density at radius 3 is 2.12 bits per heavy atom. The van der Waals surface area contributed by atoms with E-state index in [1.165, 1.54) is 32.1 Å². The van der Waals surface area contributed by atoms with Gasteiger partial charge in [-0.05, 0) is 55.8 Å². The van der Waals surface area contributed by atoms with Crippen molar-refractivity contribution >= 4 is 5.91 Å². The number of carbonyl (C=O) groups is 1. The molecule has 0 atom stereocenters. The molecule has 4 aliphatic carbocycles. The second-order valence-electron chi connectivity index (χ2n) is 6.46. The molecule has 4 fully saturated rings. The highest BCUT2D eigenvalue weighted by Gasteiger charge is 2.50. The van der Waals surface area contributed by atoms with Crippen LogP contribution in [0.1, 0.15) is 38.5 Å². The van der Waals surface area contributed by atoms with E-state index >= 15 is 0 Å². The lowest BCUT2D eigenvalue weighted by molar-refractivity contribution is -0.140. The maximum Gasteiger partial charge on any atom is 0.223 e. The highest BCUT2D eigenvalue weighted by atomic mass is 16.2. The van der Waals surface area contributed by atoms with Gasteiger partial charge in [-0.25, -0.2) is 0 Å². The molecule has 4 saturated carbocycles. The molecule has 4 aliphatic rings. The van der Waals surface area contributed by atoms with Gasteiger partial charge in [0.05, 0.1) is 0 Å². The van der Waals surface area contributed by atoms with E-state index in [0.29, 0.717) is 19.0 Å². The summed E-state index contributed by atoms with van der Waals surface area (Å²) >= 11 is 0. The minimum Gasteiger partial charge on any atom is -0.342 e. The number of nitrogens with zero attached hydrogens (tertiary/aromatic N) is 1. The first-order valence-electron chi connectivity index (χ1n) is 7.14. The van der Waals surface area contributed by atoms with E-state index in [1.807, 2.05) is 11.9 Å². The molecule has 0 aromatic rings. The molecule has 4 rings (SSSR count). The van der Waals surface area contributed by atoms with E-state index in [0.717, 1.165) is 23.7 Å². The van der Waals surface area contributed by atoms with Gasteiger partial charge in [0, 0.05) is 26.1 Å². The van der Waals surface area contributed by atoms with Gasteiger partial charge in [-0.1, -0.05) is 0 Å². The molecule has 0 unspecified atom stereocenters. The topological polar surface area (TPSA) is 46.3 Å². The van der Waals surface area contributed by atoms with E-state index < -0.39 is 0 Å². The van der Waals surface area contributed by atoms with E-state index in [2.05, 4.69) is 0 Å². The van der Waals surface area contributed by atoms with Crippen LogP contribution in [0.3, 0.4) is 0 Å². The minimum absolute atomic E-state index is 0.255. The highest BCUT2D eigenvalue weighted by molar-refractivity contribution is 5.76. The zero-order valence-corrected chi connectivity index (χ0v) is 10.8. The van der Waals surface area contributed by atoms with Crippen LogP contribution in [-0.2, 0) is 4.79 Å². The fraction of sp³-hybridized carbons (Fsp3) is 0.929. The van der Waals surface area contributed by atoms with Gasteiger partial charge in [-0.15, -0.1) is 0 Å². The van der Waals surface area contributed by atoms with Crippen molar-refractivity contribution in [3.8, 4) is 0 Å². The summed E-state index contributed by atoms with van der Waals surface area (Å²) in [4.78, 5) is 14.1. The number of hydrogen-bond donors (Lipinski definition) is 1. The number of amides is 1. The molecule has 0 aromatic carbocycles. The largest absolute Gasteiger partial charge is 0.342 e. The zero-order chi connectivity index (χ0) is 12.0. The summed E-state index contributed by atoms with van der Waals surface area (Å²) in [6.07, 6.45) is 7.48. The standard InChI is InChI=1S/C14H24N2O/c1-16(13(17)2-3-15)14-11-5-9-4-10(7-11)8-12(14)6-9/h9-12,14H,2-8,15H2,1H3. The normalized spacial score (nSPS) is 42.8. The van der Waals surface area contributed by atoms with Crippen molar-refractivity contribution in [1.29, 1.82) is 0 Å². The van der Waals surface area contributed by atoms with Gasteiger partial charge in [0.25, 0.3) is 0 Å². The SMILES string of the molecule is CN(C(=O)CCN)C1C2CC3CC(C2)CC1C3. The van der Waals surface area contributed by atoms with Gasteiger partial charge in [-0.2, -0.15) is 0 Å². The molecule has 0 aliphatic heterocycles. The summed E-state index contributed by atoms with van der Waals surface area (Å²) in [5.41, 5.74) is 5.49. The average molecular weight is 236 g/mol. The van der Waals surface area contributed by atoms with Crippen LogP contribution in [0.5, 0.6) is 0 Å². The second kappa shape index (κ2) is 4.27. The predicted molar refractivity (Wildman–Crippen MR) is 67.3 cm³/mol. The molecule has 96 valence electrons. The third-order valence-corrected chi connectivity index (χ3v) is 5.38. The number of carbonyl (C=O) groups excluding carboxylic acids is 1. The second-order valence-corrected chi connectivity index (χ2v) is 6.46. The highest BCUT2D eigenvalue weighted by Crippen LogP contribution is 2.54. The smallest absolute Gasteiger partial charge is 0.223 e. The van der Waals surface area contributed by atoms with Gasteiger partial charge in [-0.3, -0.25) is 4.79 Å². The first-order valence-corrected chi connectivity index (χ1v) is 7.14. The van der Waals surface area contributed by atoms with Gasteiger partial charge in [0.2, 0.25) is 5.91 Å². The van der Waals surface area contributed by atoms with Crippen LogP contribution >= 0.6 is 0 Å². The number of hydrogen-bond acceptors (Lipinski definition) is 2. The molecule has 4 bridgehead atoms. The van der Waals surface area contributed by atoms with Crippen molar-refractivity contribution in [2.45, 2.75) is 44.6 Å². The Balaban J connectivity index is 1.73. The van der Waals surface area contributed by atoms with E-state index in [4.69, 9.17) is 5.73 Å². The lowest BCUT2D eigenvalue weighted by Gasteiger charge is -2.56. The van der Waals surface area contributed by atoms with Gasteiger partial charge < -0.3 is 10.6 Å². The predicted octanol–water partition coefficient (Wildman–Crippen LogP) is 1.62. The minimum atomic E-state index is 0.255. The molecule has 0 radical (unpaired) electrons. The van der Waals surface area contributed by atoms with Crippen LogP contribution < -0.4 is 5.73 Å². The van der Waals surface area contributed by atoms with Crippen molar-refractivity contribution in [2.24, 2.45) is 29.4 Å². The Kier molecular flexibility index (Phi) is 2.89. The molecule has 0 aromatic heterocycles. The molecule has 0 heterocycles. The Morgan fingerprint density at radius 1 is 1.12 bits per heavy atom. The molecular formula is C14H24N2O. The van der Waals surface area contributed by atoms with Gasteiger partial charge in [0.1, 0.15) is 0 Å². The van der Waals surface area contributed by atoms with E-state index in [9.17, 15) is 4.79 Å². The molecule has 1 amide bonds. The Labute approximate surface area is 104 Å². The van der Waals surface area contributed by atoms with Gasteiger partial charge in [0.15, 0.2) is 0 Å². The Morgan fingerprint density at radius 2 is 1.65 bits per heavy atom. The van der Waals surface area contributed by atoms with E-state index in [-0.39, 0.29) is 5.91 Å². The quantitative estimate of drug-likeness (QED) is 0.809. The third kappa shape index (κ3) is 1.88. The van der Waals surface area contributed by atoms with Gasteiger partial charge >= 0.3 is 0 Å². The zero-order valence-electron chi connectivity index (χ0n) is 10.8. The summed E-state index contributed by atoms with van der Waals surface area (Å²) in [6, 6.07) is 0.529. The van der Waals surface area contributed by atoms with Crippen LogP contribution in [-0.4, -0.2) is 30.4 Å². The average Bonchev–Trinajstić information content (AvgIpc) is 2.27. The number of rotatable bonds is 3. The summed E-state index contributed by atoms with van der Waals surface area (Å²) in [5.74, 6) is 3.79. The van der Waals surface area contributed by atoms with Crippen molar-refractivity contribution in [1.82, 2.24) is 4.90 Å². The summed E-state index contributed by atoms with van der Waals surface area (Å²) in [7, 11) is 2.00. The summed E-state index contributed by atoms with van der Waals surface area (Å²) < 4.78 is 0. The number of nitrogens with two attached hydrogens (primary N) is 1. The summed E-state index contributed by atoms with van der Waals surface area (Å²) in [6.45, 7) is 0.483. The maximum atomic E-state index is 12.0. The third-order valence-electron chi connectivity index (χ3n) is 5.38. The molecule has 0 spiro atoms.